The fourth-order valence-electron chi connectivity index (χ4n) is 5.16. The Kier molecular flexibility index (Phi) is 9.51. The second-order valence-corrected chi connectivity index (χ2v) is 10.4. The lowest BCUT2D eigenvalue weighted by Crippen LogP contribution is -2.35. The lowest BCUT2D eigenvalue weighted by molar-refractivity contribution is -0.156. The second-order valence-electron chi connectivity index (χ2n) is 10.4. The molecular weight excluding hydrogens is 526 g/mol. The first-order valence-electron chi connectivity index (χ1n) is 13.7. The Morgan fingerprint density at radius 3 is 2.14 bits per heavy atom. The summed E-state index contributed by atoms with van der Waals surface area (Å²) in [5.41, 5.74) is 9.12. The standard InChI is InChI=1S/C35H33N3O4/c1-23-16-24(2)32(25(3)17-23)14-15-37-33(39)31-9-5-8-30(19-31)29-12-10-26(11-13-29)21-38(34(40)35(41)42)22-28-7-4-6-27(18-28)20-36/h4-13,16-19H,14-15,21-22H2,1-3H3,(H,37,39)(H,41,42). The van der Waals surface area contributed by atoms with Crippen LogP contribution in [0.1, 0.15) is 49.3 Å². The van der Waals surface area contributed by atoms with Crippen molar-refractivity contribution in [2.24, 2.45) is 0 Å². The van der Waals surface area contributed by atoms with Crippen molar-refractivity contribution in [1.29, 1.82) is 5.26 Å². The highest BCUT2D eigenvalue weighted by atomic mass is 16.4. The molecule has 0 aromatic heterocycles. The van der Waals surface area contributed by atoms with Crippen molar-refractivity contribution in [3.05, 3.63) is 129 Å². The monoisotopic (exact) mass is 559 g/mol. The normalized spacial score (nSPS) is 10.5. The summed E-state index contributed by atoms with van der Waals surface area (Å²) in [6.45, 7) is 6.96. The zero-order valence-corrected chi connectivity index (χ0v) is 24.0. The minimum atomic E-state index is -1.54. The van der Waals surface area contributed by atoms with Crippen LogP contribution in [0.25, 0.3) is 11.1 Å². The Morgan fingerprint density at radius 2 is 1.48 bits per heavy atom. The van der Waals surface area contributed by atoms with Gasteiger partial charge in [0, 0.05) is 25.2 Å². The maximum absolute atomic E-state index is 12.9. The van der Waals surface area contributed by atoms with Gasteiger partial charge < -0.3 is 15.3 Å². The van der Waals surface area contributed by atoms with Crippen LogP contribution < -0.4 is 5.32 Å². The summed E-state index contributed by atoms with van der Waals surface area (Å²) in [6.07, 6.45) is 0.760. The van der Waals surface area contributed by atoms with E-state index in [0.29, 0.717) is 23.2 Å². The van der Waals surface area contributed by atoms with Gasteiger partial charge in [-0.1, -0.05) is 66.2 Å². The fourth-order valence-corrected chi connectivity index (χ4v) is 5.16. The number of nitrogens with zero attached hydrogens (tertiary/aromatic N) is 2. The fraction of sp³-hybridized carbons (Fsp3) is 0.200. The molecule has 0 spiro atoms. The SMILES string of the molecule is Cc1cc(C)c(CCNC(=O)c2cccc(-c3ccc(CN(Cc4cccc(C#N)c4)C(=O)C(=O)O)cc3)c2)c(C)c1. The summed E-state index contributed by atoms with van der Waals surface area (Å²) in [4.78, 5) is 38.0. The van der Waals surface area contributed by atoms with Crippen molar-refractivity contribution in [1.82, 2.24) is 10.2 Å². The van der Waals surface area contributed by atoms with Gasteiger partial charge in [0.15, 0.2) is 0 Å². The summed E-state index contributed by atoms with van der Waals surface area (Å²) in [7, 11) is 0. The molecule has 42 heavy (non-hydrogen) atoms. The number of amides is 2. The average Bonchev–Trinajstić information content (AvgIpc) is 2.98. The zero-order chi connectivity index (χ0) is 30.2. The summed E-state index contributed by atoms with van der Waals surface area (Å²) < 4.78 is 0. The van der Waals surface area contributed by atoms with Crippen LogP contribution in [0, 0.1) is 32.1 Å². The average molecular weight is 560 g/mol. The van der Waals surface area contributed by atoms with Crippen LogP contribution in [-0.2, 0) is 29.1 Å². The number of rotatable bonds is 9. The van der Waals surface area contributed by atoms with Crippen LogP contribution in [0.5, 0.6) is 0 Å². The highest BCUT2D eigenvalue weighted by Crippen LogP contribution is 2.23. The predicted molar refractivity (Wildman–Crippen MR) is 162 cm³/mol. The first kappa shape index (κ1) is 29.8. The molecule has 0 saturated heterocycles. The largest absolute Gasteiger partial charge is 0.474 e. The number of aryl methyl sites for hydroxylation is 3. The predicted octanol–water partition coefficient (Wildman–Crippen LogP) is 5.74. The Morgan fingerprint density at radius 1 is 0.810 bits per heavy atom. The van der Waals surface area contributed by atoms with Gasteiger partial charge in [0.05, 0.1) is 11.6 Å². The lowest BCUT2D eigenvalue weighted by Gasteiger charge is -2.21. The van der Waals surface area contributed by atoms with Crippen LogP contribution in [0.4, 0.5) is 0 Å². The molecule has 0 aliphatic carbocycles. The van der Waals surface area contributed by atoms with Crippen LogP contribution in [-0.4, -0.2) is 34.3 Å². The molecule has 0 atom stereocenters. The van der Waals surface area contributed by atoms with Crippen LogP contribution in [0.3, 0.4) is 0 Å². The van der Waals surface area contributed by atoms with E-state index in [9.17, 15) is 19.5 Å². The van der Waals surface area contributed by atoms with Crippen molar-refractivity contribution in [3.63, 3.8) is 0 Å². The van der Waals surface area contributed by atoms with Gasteiger partial charge in [0.25, 0.3) is 5.91 Å². The van der Waals surface area contributed by atoms with Crippen molar-refractivity contribution >= 4 is 17.8 Å². The summed E-state index contributed by atoms with van der Waals surface area (Å²) in [5.74, 6) is -2.70. The van der Waals surface area contributed by atoms with E-state index < -0.39 is 11.9 Å². The molecule has 0 radical (unpaired) electrons. The Labute approximate surface area is 246 Å². The van der Waals surface area contributed by atoms with Gasteiger partial charge in [-0.3, -0.25) is 9.59 Å². The third-order valence-corrected chi connectivity index (χ3v) is 7.19. The minimum absolute atomic E-state index is 0.0581. The summed E-state index contributed by atoms with van der Waals surface area (Å²) >= 11 is 0. The molecule has 4 rings (SSSR count). The van der Waals surface area contributed by atoms with E-state index in [1.54, 1.807) is 30.3 Å². The molecule has 0 aliphatic heterocycles. The molecule has 2 amide bonds. The van der Waals surface area contributed by atoms with Crippen LogP contribution >= 0.6 is 0 Å². The first-order chi connectivity index (χ1) is 20.1. The van der Waals surface area contributed by atoms with E-state index >= 15 is 0 Å². The molecule has 0 saturated carbocycles. The third-order valence-electron chi connectivity index (χ3n) is 7.19. The molecular formula is C35H33N3O4. The lowest BCUT2D eigenvalue weighted by atomic mass is 9.97. The van der Waals surface area contributed by atoms with Crippen molar-refractivity contribution < 1.29 is 19.5 Å². The third kappa shape index (κ3) is 7.49. The molecule has 7 heteroatoms. The minimum Gasteiger partial charge on any atom is -0.474 e. The second kappa shape index (κ2) is 13.4. The van der Waals surface area contributed by atoms with Gasteiger partial charge in [-0.05, 0) is 90.4 Å². The quantitative estimate of drug-likeness (QED) is 0.254. The zero-order valence-electron chi connectivity index (χ0n) is 24.0. The van der Waals surface area contributed by atoms with E-state index in [2.05, 4.69) is 44.3 Å². The number of carboxylic acid groups (broad SMARTS) is 1. The Balaban J connectivity index is 1.42. The maximum Gasteiger partial charge on any atom is 0.394 e. The van der Waals surface area contributed by atoms with Gasteiger partial charge in [-0.25, -0.2) is 4.79 Å². The molecule has 212 valence electrons. The van der Waals surface area contributed by atoms with Crippen molar-refractivity contribution in [2.75, 3.05) is 6.54 Å². The topological polar surface area (TPSA) is 111 Å². The summed E-state index contributed by atoms with van der Waals surface area (Å²) in [5, 5.41) is 21.5. The molecule has 0 unspecified atom stereocenters. The number of benzene rings is 4. The van der Waals surface area contributed by atoms with Gasteiger partial charge in [0.2, 0.25) is 0 Å². The number of nitriles is 1. The van der Waals surface area contributed by atoms with Crippen LogP contribution in [0.15, 0.2) is 84.9 Å². The highest BCUT2D eigenvalue weighted by molar-refractivity contribution is 6.31. The van der Waals surface area contributed by atoms with Gasteiger partial charge >= 0.3 is 11.9 Å². The molecule has 7 nitrogen and oxygen atoms in total. The first-order valence-corrected chi connectivity index (χ1v) is 13.7. The number of carboxylic acids is 1. The highest BCUT2D eigenvalue weighted by Gasteiger charge is 2.21. The number of nitrogens with one attached hydrogen (secondary N) is 1. The molecule has 2 N–H and O–H groups in total. The molecule has 4 aromatic carbocycles. The maximum atomic E-state index is 12.9. The molecule has 0 fully saturated rings. The molecule has 0 bridgehead atoms. The van der Waals surface area contributed by atoms with Crippen molar-refractivity contribution in [2.45, 2.75) is 40.3 Å². The number of carbonyl (C=O) groups is 3. The smallest absolute Gasteiger partial charge is 0.394 e. The molecule has 0 heterocycles. The number of hydrogen-bond acceptors (Lipinski definition) is 4. The van der Waals surface area contributed by atoms with E-state index in [1.807, 2.05) is 42.5 Å². The number of carbonyl (C=O) groups excluding carboxylic acids is 2. The van der Waals surface area contributed by atoms with Gasteiger partial charge in [-0.15, -0.1) is 0 Å². The number of hydrogen-bond donors (Lipinski definition) is 2. The van der Waals surface area contributed by atoms with Crippen LogP contribution in [0.2, 0.25) is 0 Å². The molecule has 0 aliphatic rings. The molecule has 4 aromatic rings. The van der Waals surface area contributed by atoms with Gasteiger partial charge in [-0.2, -0.15) is 5.26 Å². The van der Waals surface area contributed by atoms with Gasteiger partial charge in [0.1, 0.15) is 0 Å². The van der Waals surface area contributed by atoms with Crippen molar-refractivity contribution in [3.8, 4) is 17.2 Å². The number of aliphatic carboxylic acids is 1. The van der Waals surface area contributed by atoms with E-state index in [-0.39, 0.29) is 19.0 Å². The Hall–Kier alpha value is -5.22. The van der Waals surface area contributed by atoms with E-state index in [4.69, 9.17) is 5.26 Å². The van der Waals surface area contributed by atoms with E-state index in [1.165, 1.54) is 27.2 Å². The Bertz CT molecular complexity index is 1650. The summed E-state index contributed by atoms with van der Waals surface area (Å²) in [6, 6.07) is 27.9. The van der Waals surface area contributed by atoms with E-state index in [0.717, 1.165) is 23.1 Å².